The van der Waals surface area contributed by atoms with Gasteiger partial charge in [0, 0.05) is 35.4 Å². The van der Waals surface area contributed by atoms with Gasteiger partial charge in [0.15, 0.2) is 5.82 Å². The Hall–Kier alpha value is -3.24. The average molecular weight is 605 g/mol. The zero-order valence-electron chi connectivity index (χ0n) is 24.1. The van der Waals surface area contributed by atoms with Crippen molar-refractivity contribution >= 4 is 33.1 Å². The third kappa shape index (κ3) is 4.86. The Kier molecular flexibility index (Phi) is 6.45. The molecule has 0 N–H and O–H groups in total. The maximum atomic E-state index is 14.0. The van der Waals surface area contributed by atoms with Crippen LogP contribution in [-0.4, -0.2) is 40.6 Å². The van der Waals surface area contributed by atoms with Gasteiger partial charge in [0.25, 0.3) is 5.89 Å². The number of carbonyl (C=O) groups excluding carboxylic acids is 1. The van der Waals surface area contributed by atoms with Crippen molar-refractivity contribution in [1.29, 1.82) is 0 Å². The van der Waals surface area contributed by atoms with Crippen molar-refractivity contribution in [3.05, 3.63) is 59.2 Å². The Balaban J connectivity index is 1.07. The van der Waals surface area contributed by atoms with Gasteiger partial charge in [-0.2, -0.15) is 4.98 Å². The number of alkyl halides is 2. The van der Waals surface area contributed by atoms with E-state index in [4.69, 9.17) is 14.2 Å². The van der Waals surface area contributed by atoms with Gasteiger partial charge >= 0.3 is 0 Å². The first-order chi connectivity index (χ1) is 20.8. The van der Waals surface area contributed by atoms with Crippen molar-refractivity contribution in [2.75, 3.05) is 18.1 Å². The van der Waals surface area contributed by atoms with Crippen LogP contribution in [0.2, 0.25) is 0 Å². The summed E-state index contributed by atoms with van der Waals surface area (Å²) >= 11 is 1.66. The van der Waals surface area contributed by atoms with Crippen molar-refractivity contribution in [3.8, 4) is 11.1 Å². The predicted molar refractivity (Wildman–Crippen MR) is 159 cm³/mol. The number of anilines is 1. The summed E-state index contributed by atoms with van der Waals surface area (Å²) in [4.78, 5) is 25.2. The van der Waals surface area contributed by atoms with Crippen LogP contribution in [0.15, 0.2) is 47.0 Å². The Bertz CT molecular complexity index is 1670. The topological polar surface area (TPSA) is 81.3 Å². The third-order valence-corrected chi connectivity index (χ3v) is 11.1. The van der Waals surface area contributed by atoms with Gasteiger partial charge in [0.1, 0.15) is 5.60 Å². The highest BCUT2D eigenvalue weighted by Crippen LogP contribution is 2.54. The number of amides is 1. The summed E-state index contributed by atoms with van der Waals surface area (Å²) in [6, 6.07) is 14.3. The number of hydrogen-bond donors (Lipinski definition) is 0. The second kappa shape index (κ2) is 10.2. The third-order valence-electron chi connectivity index (χ3n) is 10.2. The zero-order valence-corrected chi connectivity index (χ0v) is 24.9. The summed E-state index contributed by atoms with van der Waals surface area (Å²) < 4.78 is 40.0. The summed E-state index contributed by atoms with van der Waals surface area (Å²) in [7, 11) is 0. The lowest BCUT2D eigenvalue weighted by atomic mass is 9.65. The molecule has 5 fully saturated rings. The van der Waals surface area contributed by atoms with E-state index in [-0.39, 0.29) is 30.1 Å². The van der Waals surface area contributed by atoms with Crippen molar-refractivity contribution in [2.45, 2.75) is 76.2 Å². The van der Waals surface area contributed by atoms with E-state index in [0.717, 1.165) is 76.4 Å². The van der Waals surface area contributed by atoms with E-state index >= 15 is 0 Å². The van der Waals surface area contributed by atoms with E-state index in [9.17, 15) is 13.6 Å². The van der Waals surface area contributed by atoms with Gasteiger partial charge in [-0.1, -0.05) is 23.4 Å². The smallest absolute Gasteiger partial charge is 0.258 e. The van der Waals surface area contributed by atoms with E-state index in [1.54, 1.807) is 11.3 Å². The molecule has 3 aliphatic carbocycles. The molecule has 43 heavy (non-hydrogen) atoms. The fourth-order valence-electron chi connectivity index (χ4n) is 7.16. The maximum absolute atomic E-state index is 14.0. The molecule has 2 saturated heterocycles. The first kappa shape index (κ1) is 27.3. The molecule has 4 aromatic rings. The van der Waals surface area contributed by atoms with E-state index in [1.807, 2.05) is 30.0 Å². The molecule has 0 radical (unpaired) electrons. The number of aryl methyl sites for hydroxylation is 1. The second-order valence-electron chi connectivity index (χ2n) is 13.2. The molecule has 2 bridgehead atoms. The Labute approximate surface area is 252 Å². The molecule has 0 spiro atoms. The van der Waals surface area contributed by atoms with E-state index in [2.05, 4.69) is 34.4 Å². The van der Waals surface area contributed by atoms with Gasteiger partial charge in [-0.15, -0.1) is 11.3 Å². The van der Waals surface area contributed by atoms with Crippen LogP contribution in [0.25, 0.3) is 21.3 Å². The molecule has 2 aromatic carbocycles. The summed E-state index contributed by atoms with van der Waals surface area (Å²) in [6.07, 6.45) is 3.56. The number of rotatable bonds is 8. The van der Waals surface area contributed by atoms with Crippen LogP contribution in [0.4, 0.5) is 14.5 Å². The first-order valence-electron chi connectivity index (χ1n) is 15.4. The number of hydrogen-bond acceptors (Lipinski definition) is 7. The predicted octanol–water partition coefficient (Wildman–Crippen LogP) is 7.64. The van der Waals surface area contributed by atoms with Crippen molar-refractivity contribution in [2.24, 2.45) is 17.3 Å². The molecule has 4 heterocycles. The number of halogens is 2. The maximum Gasteiger partial charge on any atom is 0.258 e. The number of ether oxygens (including phenoxy) is 1. The second-order valence-corrected chi connectivity index (χ2v) is 14.4. The van der Waals surface area contributed by atoms with E-state index in [0.29, 0.717) is 25.0 Å². The quantitative estimate of drug-likeness (QED) is 0.206. The SMILES string of the molecule is Cc1nc2ccc(-c3cccc(N(CC45CCC(c6nc(C7CC7)no6)(CC4)OC5)C(=O)C4CC(C(F)F)C4)c3)cc2s1. The lowest BCUT2D eigenvalue weighted by Crippen LogP contribution is -2.56. The Morgan fingerprint density at radius 3 is 2.58 bits per heavy atom. The minimum absolute atomic E-state index is 0.0645. The van der Waals surface area contributed by atoms with Gasteiger partial charge in [0.05, 0.1) is 21.8 Å². The van der Waals surface area contributed by atoms with Crippen LogP contribution in [0.5, 0.6) is 0 Å². The highest BCUT2D eigenvalue weighted by atomic mass is 32.1. The van der Waals surface area contributed by atoms with Crippen LogP contribution in [0, 0.1) is 24.2 Å². The minimum Gasteiger partial charge on any atom is -0.364 e. The monoisotopic (exact) mass is 604 g/mol. The standard InChI is InChI=1S/C33H34F2N4O3S/c1-19-36-26-8-7-22(16-27(26)43-19)21-3-2-4-25(15-21)39(30(40)24-13-23(14-24)28(34)35)17-32-9-11-33(12-10-32,41-18-32)31-37-29(38-42-31)20-5-6-20/h2-4,7-8,15-16,20,23-24,28H,5-6,9-14,17-18H2,1H3. The highest BCUT2D eigenvalue weighted by Gasteiger charge is 2.55. The Morgan fingerprint density at radius 1 is 1.07 bits per heavy atom. The van der Waals surface area contributed by atoms with Crippen LogP contribution in [0.3, 0.4) is 0 Å². The van der Waals surface area contributed by atoms with Crippen molar-refractivity contribution in [1.82, 2.24) is 15.1 Å². The molecule has 0 atom stereocenters. The van der Waals surface area contributed by atoms with Crippen LogP contribution in [0.1, 0.15) is 74.0 Å². The highest BCUT2D eigenvalue weighted by molar-refractivity contribution is 7.18. The molecular weight excluding hydrogens is 570 g/mol. The lowest BCUT2D eigenvalue weighted by molar-refractivity contribution is -0.198. The number of fused-ring (bicyclic) bond motifs is 4. The fraction of sp³-hybridized carbons (Fsp3) is 0.515. The summed E-state index contributed by atoms with van der Waals surface area (Å²) in [5, 5.41) is 5.24. The molecule has 9 rings (SSSR count). The van der Waals surface area contributed by atoms with Crippen molar-refractivity contribution in [3.63, 3.8) is 0 Å². The molecule has 7 nitrogen and oxygen atoms in total. The lowest BCUT2D eigenvalue weighted by Gasteiger charge is -2.53. The minimum atomic E-state index is -2.38. The van der Waals surface area contributed by atoms with Crippen LogP contribution in [-0.2, 0) is 15.1 Å². The van der Waals surface area contributed by atoms with Gasteiger partial charge in [-0.05, 0) is 93.7 Å². The Morgan fingerprint density at radius 2 is 1.86 bits per heavy atom. The summed E-state index contributed by atoms with van der Waals surface area (Å²) in [5.74, 6) is 0.647. The molecule has 10 heteroatoms. The fourth-order valence-corrected chi connectivity index (χ4v) is 8.03. The molecule has 5 aliphatic rings. The summed E-state index contributed by atoms with van der Waals surface area (Å²) in [6.45, 7) is 2.99. The summed E-state index contributed by atoms with van der Waals surface area (Å²) in [5.41, 5.74) is 3.06. The number of benzene rings is 2. The van der Waals surface area contributed by atoms with E-state index in [1.165, 1.54) is 0 Å². The molecule has 2 aromatic heterocycles. The normalized spacial score (nSPS) is 28.4. The van der Waals surface area contributed by atoms with Gasteiger partial charge < -0.3 is 14.2 Å². The number of nitrogens with zero attached hydrogens (tertiary/aromatic N) is 4. The van der Waals surface area contributed by atoms with Crippen molar-refractivity contribution < 1.29 is 22.8 Å². The van der Waals surface area contributed by atoms with E-state index < -0.39 is 17.9 Å². The molecule has 1 amide bonds. The largest absolute Gasteiger partial charge is 0.364 e. The number of carbonyl (C=O) groups is 1. The average Bonchev–Trinajstić information content (AvgIpc) is 3.58. The zero-order chi connectivity index (χ0) is 29.3. The number of thiazole rings is 1. The molecule has 3 saturated carbocycles. The number of aromatic nitrogens is 3. The van der Waals surface area contributed by atoms with Gasteiger partial charge in [-0.3, -0.25) is 4.79 Å². The first-order valence-corrected chi connectivity index (χ1v) is 16.2. The molecule has 2 aliphatic heterocycles. The van der Waals surface area contributed by atoms with Crippen LogP contribution >= 0.6 is 11.3 Å². The molecule has 0 unspecified atom stereocenters. The van der Waals surface area contributed by atoms with Crippen LogP contribution < -0.4 is 4.90 Å². The van der Waals surface area contributed by atoms with Gasteiger partial charge in [0.2, 0.25) is 12.3 Å². The van der Waals surface area contributed by atoms with Gasteiger partial charge in [-0.25, -0.2) is 13.8 Å². The molecule has 224 valence electrons. The molecular formula is C33H34F2N4O3S.